The lowest BCUT2D eigenvalue weighted by molar-refractivity contribution is 0.0524. The molecule has 5 heteroatoms. The summed E-state index contributed by atoms with van der Waals surface area (Å²) < 4.78 is 18.2. The summed E-state index contributed by atoms with van der Waals surface area (Å²) in [5.74, 6) is -0.268. The van der Waals surface area contributed by atoms with Crippen LogP contribution in [0.3, 0.4) is 0 Å². The third kappa shape index (κ3) is 5.26. The van der Waals surface area contributed by atoms with E-state index in [0.29, 0.717) is 5.56 Å². The molecule has 0 aromatic heterocycles. The van der Waals surface area contributed by atoms with E-state index in [1.165, 1.54) is 6.07 Å². The predicted molar refractivity (Wildman–Crippen MR) is 72.3 cm³/mol. The van der Waals surface area contributed by atoms with E-state index in [4.69, 9.17) is 10.5 Å². The third-order valence-electron chi connectivity index (χ3n) is 2.48. The quantitative estimate of drug-likeness (QED) is 0.885. The molecule has 4 nitrogen and oxygen atoms in total. The normalized spacial score (nSPS) is 12.9. The van der Waals surface area contributed by atoms with Crippen molar-refractivity contribution in [3.63, 3.8) is 0 Å². The smallest absolute Gasteiger partial charge is 0.407 e. The van der Waals surface area contributed by atoms with Crippen molar-refractivity contribution in [2.45, 2.75) is 39.3 Å². The number of carbonyl (C=O) groups is 1. The first kappa shape index (κ1) is 15.4. The third-order valence-corrected chi connectivity index (χ3v) is 2.48. The number of hydrogen-bond acceptors (Lipinski definition) is 3. The Bertz CT molecular complexity index is 455. The number of benzene rings is 1. The Balaban J connectivity index is 2.53. The van der Waals surface area contributed by atoms with Crippen LogP contribution in [0.1, 0.15) is 37.9 Å². The summed E-state index contributed by atoms with van der Waals surface area (Å²) in [4.78, 5) is 11.5. The lowest BCUT2D eigenvalue weighted by Crippen LogP contribution is -2.36. The number of carbonyl (C=O) groups excluding carboxylic acids is 1. The Morgan fingerprint density at radius 3 is 2.63 bits per heavy atom. The number of nitrogens with two attached hydrogens (primary N) is 1. The molecule has 0 aliphatic heterocycles. The second-order valence-corrected chi connectivity index (χ2v) is 5.50. The summed E-state index contributed by atoms with van der Waals surface area (Å²) in [5.41, 5.74) is 6.70. The average Bonchev–Trinajstić information content (AvgIpc) is 2.27. The zero-order valence-corrected chi connectivity index (χ0v) is 11.8. The van der Waals surface area contributed by atoms with E-state index in [1.54, 1.807) is 39.8 Å². The van der Waals surface area contributed by atoms with E-state index in [-0.39, 0.29) is 12.4 Å². The van der Waals surface area contributed by atoms with E-state index >= 15 is 0 Å². The molecule has 1 rings (SSSR count). The monoisotopic (exact) mass is 268 g/mol. The van der Waals surface area contributed by atoms with Gasteiger partial charge in [-0.25, -0.2) is 9.18 Å². The van der Waals surface area contributed by atoms with Crippen molar-refractivity contribution in [1.82, 2.24) is 5.32 Å². The van der Waals surface area contributed by atoms with Gasteiger partial charge >= 0.3 is 6.09 Å². The molecule has 0 spiro atoms. The average molecular weight is 268 g/mol. The highest BCUT2D eigenvalue weighted by Gasteiger charge is 2.17. The molecule has 1 amide bonds. The summed E-state index contributed by atoms with van der Waals surface area (Å²) >= 11 is 0. The number of alkyl carbamates (subject to hydrolysis) is 1. The van der Waals surface area contributed by atoms with Crippen LogP contribution in [0, 0.1) is 12.7 Å². The van der Waals surface area contributed by atoms with Crippen LogP contribution >= 0.6 is 0 Å². The number of ether oxygens (including phenoxy) is 1. The zero-order chi connectivity index (χ0) is 14.6. The second kappa shape index (κ2) is 6.02. The van der Waals surface area contributed by atoms with Crippen LogP contribution in [0.25, 0.3) is 0 Å². The minimum absolute atomic E-state index is 0.236. The molecule has 0 unspecified atom stereocenters. The second-order valence-electron chi connectivity index (χ2n) is 5.50. The van der Waals surface area contributed by atoms with Gasteiger partial charge in [0, 0.05) is 12.6 Å². The summed E-state index contributed by atoms with van der Waals surface area (Å²) in [6.45, 7) is 7.27. The molecule has 19 heavy (non-hydrogen) atoms. The molecule has 3 N–H and O–H groups in total. The van der Waals surface area contributed by atoms with Crippen molar-refractivity contribution in [2.75, 3.05) is 6.54 Å². The number of aryl methyl sites for hydroxylation is 1. The molecule has 0 fully saturated rings. The highest BCUT2D eigenvalue weighted by molar-refractivity contribution is 5.67. The van der Waals surface area contributed by atoms with Crippen LogP contribution in [0.2, 0.25) is 0 Å². The van der Waals surface area contributed by atoms with Crippen molar-refractivity contribution in [3.05, 3.63) is 35.1 Å². The van der Waals surface area contributed by atoms with Crippen molar-refractivity contribution >= 4 is 6.09 Å². The van der Waals surface area contributed by atoms with Gasteiger partial charge in [-0.3, -0.25) is 0 Å². The summed E-state index contributed by atoms with van der Waals surface area (Å²) in [5, 5.41) is 2.59. The van der Waals surface area contributed by atoms with Crippen molar-refractivity contribution in [1.29, 1.82) is 0 Å². The van der Waals surface area contributed by atoms with Gasteiger partial charge in [0.1, 0.15) is 11.4 Å². The predicted octanol–water partition coefficient (Wildman–Crippen LogP) is 2.66. The maximum atomic E-state index is 13.1. The van der Waals surface area contributed by atoms with Crippen LogP contribution in [0.5, 0.6) is 0 Å². The fourth-order valence-corrected chi connectivity index (χ4v) is 1.52. The van der Waals surface area contributed by atoms with E-state index in [0.717, 1.165) is 5.56 Å². The fourth-order valence-electron chi connectivity index (χ4n) is 1.52. The first-order valence-electron chi connectivity index (χ1n) is 6.17. The van der Waals surface area contributed by atoms with Crippen molar-refractivity contribution < 1.29 is 13.9 Å². The minimum atomic E-state index is -0.541. The fraction of sp³-hybridized carbons (Fsp3) is 0.500. The molecule has 106 valence electrons. The molecule has 0 radical (unpaired) electrons. The van der Waals surface area contributed by atoms with Gasteiger partial charge in [0.15, 0.2) is 0 Å². The number of halogens is 1. The molecule has 0 saturated heterocycles. The lowest BCUT2D eigenvalue weighted by atomic mass is 10.0. The largest absolute Gasteiger partial charge is 0.444 e. The SMILES string of the molecule is Cc1cc([C@H](N)CNC(=O)OC(C)(C)C)ccc1F. The first-order valence-corrected chi connectivity index (χ1v) is 6.17. The van der Waals surface area contributed by atoms with Crippen LogP contribution in [-0.4, -0.2) is 18.2 Å². The van der Waals surface area contributed by atoms with Gasteiger partial charge in [-0.15, -0.1) is 0 Å². The molecule has 1 aromatic rings. The van der Waals surface area contributed by atoms with E-state index < -0.39 is 17.7 Å². The van der Waals surface area contributed by atoms with Crippen molar-refractivity contribution in [2.24, 2.45) is 5.73 Å². The standard InChI is InChI=1S/C14H21FN2O2/c1-9-7-10(5-6-11(9)15)12(16)8-17-13(18)19-14(2,3)4/h5-7,12H,8,16H2,1-4H3,(H,17,18)/t12-/m1/s1. The highest BCUT2D eigenvalue weighted by atomic mass is 19.1. The van der Waals surface area contributed by atoms with Gasteiger partial charge in [-0.05, 0) is 44.9 Å². The molecule has 0 saturated carbocycles. The van der Waals surface area contributed by atoms with Gasteiger partial charge in [0.25, 0.3) is 0 Å². The van der Waals surface area contributed by atoms with Crippen LogP contribution < -0.4 is 11.1 Å². The maximum Gasteiger partial charge on any atom is 0.407 e. The number of hydrogen-bond donors (Lipinski definition) is 2. The van der Waals surface area contributed by atoms with Gasteiger partial charge < -0.3 is 15.8 Å². The Morgan fingerprint density at radius 2 is 2.11 bits per heavy atom. The van der Waals surface area contributed by atoms with E-state index in [9.17, 15) is 9.18 Å². The summed E-state index contributed by atoms with van der Waals surface area (Å²) in [7, 11) is 0. The Hall–Kier alpha value is -1.62. The summed E-state index contributed by atoms with van der Waals surface area (Å²) in [6.07, 6.45) is -0.512. The first-order chi connectivity index (χ1) is 8.69. The number of nitrogens with one attached hydrogen (secondary N) is 1. The van der Waals surface area contributed by atoms with Gasteiger partial charge in [0.2, 0.25) is 0 Å². The van der Waals surface area contributed by atoms with Crippen LogP contribution in [-0.2, 0) is 4.74 Å². The van der Waals surface area contributed by atoms with Gasteiger partial charge in [-0.1, -0.05) is 12.1 Å². The zero-order valence-electron chi connectivity index (χ0n) is 11.8. The molecular weight excluding hydrogens is 247 g/mol. The van der Waals surface area contributed by atoms with Crippen LogP contribution in [0.15, 0.2) is 18.2 Å². The van der Waals surface area contributed by atoms with Gasteiger partial charge in [0.05, 0.1) is 0 Å². The topological polar surface area (TPSA) is 64.3 Å². The molecule has 1 aromatic carbocycles. The van der Waals surface area contributed by atoms with Crippen LogP contribution in [0.4, 0.5) is 9.18 Å². The Morgan fingerprint density at radius 1 is 1.47 bits per heavy atom. The molecule has 0 bridgehead atoms. The highest BCUT2D eigenvalue weighted by Crippen LogP contribution is 2.14. The maximum absolute atomic E-state index is 13.1. The van der Waals surface area contributed by atoms with Crippen molar-refractivity contribution in [3.8, 4) is 0 Å². The van der Waals surface area contributed by atoms with E-state index in [1.807, 2.05) is 0 Å². The molecule has 0 aliphatic carbocycles. The minimum Gasteiger partial charge on any atom is -0.444 e. The molecule has 1 atom stereocenters. The lowest BCUT2D eigenvalue weighted by Gasteiger charge is -2.21. The summed E-state index contributed by atoms with van der Waals surface area (Å²) in [6, 6.07) is 4.27. The number of rotatable bonds is 3. The van der Waals surface area contributed by atoms with Gasteiger partial charge in [-0.2, -0.15) is 0 Å². The molecular formula is C14H21FN2O2. The number of amides is 1. The molecule has 0 heterocycles. The molecule has 0 aliphatic rings. The Labute approximate surface area is 113 Å². The Kier molecular flexibility index (Phi) is 4.89. The van der Waals surface area contributed by atoms with E-state index in [2.05, 4.69) is 5.32 Å².